The van der Waals surface area contributed by atoms with Crippen molar-refractivity contribution in [1.29, 1.82) is 0 Å². The molecule has 2 aromatic rings. The quantitative estimate of drug-likeness (QED) is 0.595. The Balaban J connectivity index is 2.09. The number of hydrogen-bond donors (Lipinski definition) is 2. The van der Waals surface area contributed by atoms with Crippen LogP contribution in [0.2, 0.25) is 0 Å². The second-order valence-electron chi connectivity index (χ2n) is 4.09. The number of methoxy groups -OCH3 is 2. The van der Waals surface area contributed by atoms with Gasteiger partial charge >= 0.3 is 0 Å². The summed E-state index contributed by atoms with van der Waals surface area (Å²) in [5.74, 6) is 2.02. The molecule has 0 aliphatic rings. The summed E-state index contributed by atoms with van der Waals surface area (Å²) in [6.07, 6.45) is 0. The van der Waals surface area contributed by atoms with Crippen molar-refractivity contribution >= 4 is 11.6 Å². The van der Waals surface area contributed by atoms with Gasteiger partial charge in [0, 0.05) is 6.07 Å². The van der Waals surface area contributed by atoms with E-state index < -0.39 is 0 Å². The molecule has 3 N–H and O–H groups in total. The van der Waals surface area contributed by atoms with Crippen molar-refractivity contribution in [3.05, 3.63) is 24.0 Å². The number of guanidine groups is 1. The normalized spacial score (nSPS) is 11.3. The van der Waals surface area contributed by atoms with Gasteiger partial charge in [0.05, 0.1) is 27.0 Å². The first kappa shape index (κ1) is 14.6. The van der Waals surface area contributed by atoms with Crippen LogP contribution >= 0.6 is 0 Å². The van der Waals surface area contributed by atoms with E-state index in [2.05, 4.69) is 25.7 Å². The van der Waals surface area contributed by atoms with Crippen LogP contribution in [0.25, 0.3) is 0 Å². The number of rotatable bonds is 5. The van der Waals surface area contributed by atoms with Gasteiger partial charge in [0.25, 0.3) is 0 Å². The number of aryl methyl sites for hydroxylation is 1. The molecule has 0 fully saturated rings. The fourth-order valence-corrected chi connectivity index (χ4v) is 1.63. The molecular formula is C12H17N7O2. The van der Waals surface area contributed by atoms with Crippen molar-refractivity contribution in [2.45, 2.75) is 6.54 Å². The maximum absolute atomic E-state index is 5.84. The summed E-state index contributed by atoms with van der Waals surface area (Å²) in [6.45, 7) is 0.235. The highest BCUT2D eigenvalue weighted by Crippen LogP contribution is 2.28. The molecule has 0 saturated carbocycles. The van der Waals surface area contributed by atoms with E-state index in [9.17, 15) is 0 Å². The van der Waals surface area contributed by atoms with Crippen LogP contribution in [-0.2, 0) is 13.6 Å². The molecule has 1 aromatic carbocycles. The summed E-state index contributed by atoms with van der Waals surface area (Å²) in [5.41, 5.74) is 6.49. The van der Waals surface area contributed by atoms with E-state index in [1.54, 1.807) is 39.5 Å². The smallest absolute Gasteiger partial charge is 0.196 e. The van der Waals surface area contributed by atoms with Gasteiger partial charge in [-0.05, 0) is 17.3 Å². The van der Waals surface area contributed by atoms with Crippen molar-refractivity contribution in [2.75, 3.05) is 19.5 Å². The molecule has 112 valence electrons. The molecule has 0 atom stereocenters. The summed E-state index contributed by atoms with van der Waals surface area (Å²) in [5, 5.41) is 14.5. The van der Waals surface area contributed by atoms with Crippen LogP contribution in [-0.4, -0.2) is 40.4 Å². The number of tetrazole rings is 1. The zero-order valence-electron chi connectivity index (χ0n) is 12.1. The van der Waals surface area contributed by atoms with Gasteiger partial charge in [-0.25, -0.2) is 4.99 Å². The molecule has 0 aliphatic carbocycles. The summed E-state index contributed by atoms with van der Waals surface area (Å²) in [6, 6.07) is 5.33. The van der Waals surface area contributed by atoms with E-state index in [1.807, 2.05) is 0 Å². The minimum absolute atomic E-state index is 0.217. The first-order chi connectivity index (χ1) is 10.1. The lowest BCUT2D eigenvalue weighted by molar-refractivity contribution is 0.405. The Labute approximate surface area is 121 Å². The third kappa shape index (κ3) is 3.81. The number of nitrogens with one attached hydrogen (secondary N) is 1. The van der Waals surface area contributed by atoms with Gasteiger partial charge in [0.2, 0.25) is 0 Å². The van der Waals surface area contributed by atoms with Gasteiger partial charge in [-0.3, -0.25) is 0 Å². The molecule has 0 spiro atoms. The Kier molecular flexibility index (Phi) is 4.54. The topological polar surface area (TPSA) is 112 Å². The summed E-state index contributed by atoms with van der Waals surface area (Å²) in [4.78, 5) is 5.50. The first-order valence-electron chi connectivity index (χ1n) is 6.14. The number of hydrogen-bond acceptors (Lipinski definition) is 6. The predicted molar refractivity (Wildman–Crippen MR) is 77.3 cm³/mol. The van der Waals surface area contributed by atoms with Crippen molar-refractivity contribution in [3.8, 4) is 11.5 Å². The highest BCUT2D eigenvalue weighted by Gasteiger charge is 2.06. The van der Waals surface area contributed by atoms with Crippen LogP contribution in [0.5, 0.6) is 11.5 Å². The van der Waals surface area contributed by atoms with Crippen LogP contribution in [0.15, 0.2) is 23.2 Å². The molecule has 1 aromatic heterocycles. The minimum Gasteiger partial charge on any atom is -0.497 e. The van der Waals surface area contributed by atoms with Gasteiger partial charge in [0.1, 0.15) is 18.0 Å². The summed E-state index contributed by atoms with van der Waals surface area (Å²) < 4.78 is 10.4. The Morgan fingerprint density at radius 3 is 2.81 bits per heavy atom. The number of anilines is 1. The molecule has 9 heteroatoms. The SMILES string of the molecule is COc1ccc(OC)c(NC(N)=NCc2nnn(C)n2)c1. The van der Waals surface area contributed by atoms with E-state index >= 15 is 0 Å². The molecule has 0 saturated heterocycles. The van der Waals surface area contributed by atoms with E-state index in [4.69, 9.17) is 15.2 Å². The Bertz CT molecular complexity index is 638. The maximum Gasteiger partial charge on any atom is 0.196 e. The molecule has 1 heterocycles. The number of nitrogens with zero attached hydrogens (tertiary/aromatic N) is 5. The average molecular weight is 291 g/mol. The third-order valence-corrected chi connectivity index (χ3v) is 2.61. The zero-order valence-corrected chi connectivity index (χ0v) is 12.1. The number of benzene rings is 1. The van der Waals surface area contributed by atoms with Crippen molar-refractivity contribution in [1.82, 2.24) is 20.2 Å². The number of ether oxygens (including phenoxy) is 2. The lowest BCUT2D eigenvalue weighted by Crippen LogP contribution is -2.23. The van der Waals surface area contributed by atoms with Crippen molar-refractivity contribution < 1.29 is 9.47 Å². The van der Waals surface area contributed by atoms with Crippen molar-refractivity contribution in [2.24, 2.45) is 17.8 Å². The fraction of sp³-hybridized carbons (Fsp3) is 0.333. The van der Waals surface area contributed by atoms with E-state index in [1.165, 1.54) is 4.80 Å². The highest BCUT2D eigenvalue weighted by molar-refractivity contribution is 5.93. The molecule has 0 radical (unpaired) electrons. The Hall–Kier alpha value is -2.84. The Morgan fingerprint density at radius 1 is 1.38 bits per heavy atom. The largest absolute Gasteiger partial charge is 0.497 e. The monoisotopic (exact) mass is 291 g/mol. The van der Waals surface area contributed by atoms with Crippen molar-refractivity contribution in [3.63, 3.8) is 0 Å². The van der Waals surface area contributed by atoms with Gasteiger partial charge < -0.3 is 20.5 Å². The standard InChI is InChI=1S/C12H17N7O2/c1-19-17-11(16-18-19)7-14-12(13)15-9-6-8(20-2)4-5-10(9)21-3/h4-6H,7H2,1-3H3,(H3,13,14,15). The summed E-state index contributed by atoms with van der Waals surface area (Å²) >= 11 is 0. The zero-order chi connectivity index (χ0) is 15.2. The average Bonchev–Trinajstić information content (AvgIpc) is 2.90. The molecule has 9 nitrogen and oxygen atoms in total. The first-order valence-corrected chi connectivity index (χ1v) is 6.14. The predicted octanol–water partition coefficient (Wildman–Crippen LogP) is 0.154. The fourth-order valence-electron chi connectivity index (χ4n) is 1.63. The van der Waals surface area contributed by atoms with E-state index in [0.717, 1.165) is 0 Å². The van der Waals surface area contributed by atoms with Gasteiger partial charge in [-0.15, -0.1) is 10.2 Å². The van der Waals surface area contributed by atoms with E-state index in [0.29, 0.717) is 23.0 Å². The molecule has 0 bridgehead atoms. The molecular weight excluding hydrogens is 274 g/mol. The van der Waals surface area contributed by atoms with Gasteiger partial charge in [-0.2, -0.15) is 4.80 Å². The van der Waals surface area contributed by atoms with Crippen LogP contribution in [0.1, 0.15) is 5.82 Å². The molecule has 0 amide bonds. The van der Waals surface area contributed by atoms with Crippen LogP contribution in [0.3, 0.4) is 0 Å². The third-order valence-electron chi connectivity index (χ3n) is 2.61. The van der Waals surface area contributed by atoms with Crippen LogP contribution < -0.4 is 20.5 Å². The molecule has 21 heavy (non-hydrogen) atoms. The van der Waals surface area contributed by atoms with Gasteiger partial charge in [-0.1, -0.05) is 0 Å². The van der Waals surface area contributed by atoms with Gasteiger partial charge in [0.15, 0.2) is 11.8 Å². The minimum atomic E-state index is 0.217. The van der Waals surface area contributed by atoms with E-state index in [-0.39, 0.29) is 12.5 Å². The second kappa shape index (κ2) is 6.55. The highest BCUT2D eigenvalue weighted by atomic mass is 16.5. The lowest BCUT2D eigenvalue weighted by Gasteiger charge is -2.11. The Morgan fingerprint density at radius 2 is 2.19 bits per heavy atom. The number of aliphatic imine (C=N–C) groups is 1. The number of nitrogens with two attached hydrogens (primary N) is 1. The molecule has 0 unspecified atom stereocenters. The summed E-state index contributed by atoms with van der Waals surface area (Å²) in [7, 11) is 4.84. The second-order valence-corrected chi connectivity index (χ2v) is 4.09. The van der Waals surface area contributed by atoms with Crippen LogP contribution in [0, 0.1) is 0 Å². The maximum atomic E-state index is 5.84. The molecule has 0 aliphatic heterocycles. The van der Waals surface area contributed by atoms with Crippen LogP contribution in [0.4, 0.5) is 5.69 Å². The lowest BCUT2D eigenvalue weighted by atomic mass is 10.2. The number of aromatic nitrogens is 4. The molecule has 2 rings (SSSR count).